The van der Waals surface area contributed by atoms with Crippen LogP contribution in [0.5, 0.6) is 5.75 Å². The molecule has 0 radical (unpaired) electrons. The summed E-state index contributed by atoms with van der Waals surface area (Å²) in [7, 11) is 1.53. The molecule has 0 saturated carbocycles. The molecule has 96 valence electrons. The van der Waals surface area contributed by atoms with Crippen molar-refractivity contribution >= 4 is 11.6 Å². The molecule has 1 aromatic heterocycles. The van der Waals surface area contributed by atoms with Crippen LogP contribution in [-0.2, 0) is 6.54 Å². The molecule has 2 aromatic rings. The molecule has 6 heteroatoms. The fourth-order valence-electron chi connectivity index (χ4n) is 1.78. The molecule has 0 amide bonds. The van der Waals surface area contributed by atoms with E-state index in [0.717, 1.165) is 0 Å². The lowest BCUT2D eigenvalue weighted by Crippen LogP contribution is -2.11. The van der Waals surface area contributed by atoms with Gasteiger partial charge in [0.05, 0.1) is 7.11 Å². The summed E-state index contributed by atoms with van der Waals surface area (Å²) >= 11 is 5.89. The van der Waals surface area contributed by atoms with Crippen LogP contribution in [0.25, 0.3) is 0 Å². The SMILES string of the molecule is CCn1ncnc1C(O)c1ccc(Cl)cc1OC. The summed E-state index contributed by atoms with van der Waals surface area (Å²) in [5, 5.41) is 14.9. The average molecular weight is 268 g/mol. The lowest BCUT2D eigenvalue weighted by molar-refractivity contribution is 0.198. The van der Waals surface area contributed by atoms with Gasteiger partial charge in [-0.3, -0.25) is 0 Å². The first kappa shape index (κ1) is 12.9. The van der Waals surface area contributed by atoms with Gasteiger partial charge in [0, 0.05) is 17.1 Å². The maximum absolute atomic E-state index is 10.3. The summed E-state index contributed by atoms with van der Waals surface area (Å²) < 4.78 is 6.85. The number of methoxy groups -OCH3 is 1. The van der Waals surface area contributed by atoms with Crippen LogP contribution in [0.4, 0.5) is 0 Å². The van der Waals surface area contributed by atoms with E-state index in [2.05, 4.69) is 10.1 Å². The molecule has 1 N–H and O–H groups in total. The van der Waals surface area contributed by atoms with Gasteiger partial charge >= 0.3 is 0 Å². The minimum Gasteiger partial charge on any atom is -0.496 e. The van der Waals surface area contributed by atoms with Crippen molar-refractivity contribution in [3.63, 3.8) is 0 Å². The Labute approximate surface area is 110 Å². The third-order valence-electron chi connectivity index (χ3n) is 2.68. The zero-order chi connectivity index (χ0) is 13.1. The summed E-state index contributed by atoms with van der Waals surface area (Å²) in [6.45, 7) is 2.58. The smallest absolute Gasteiger partial charge is 0.160 e. The summed E-state index contributed by atoms with van der Waals surface area (Å²) in [5.74, 6) is 1.01. The van der Waals surface area contributed by atoms with Gasteiger partial charge in [0.2, 0.25) is 0 Å². The Morgan fingerprint density at radius 1 is 1.50 bits per heavy atom. The van der Waals surface area contributed by atoms with E-state index in [1.54, 1.807) is 22.9 Å². The highest BCUT2D eigenvalue weighted by atomic mass is 35.5. The highest BCUT2D eigenvalue weighted by molar-refractivity contribution is 6.30. The minimum atomic E-state index is -0.889. The second-order valence-electron chi connectivity index (χ2n) is 3.72. The zero-order valence-electron chi connectivity index (χ0n) is 10.2. The first-order valence-corrected chi connectivity index (χ1v) is 5.94. The Balaban J connectivity index is 2.42. The molecule has 2 rings (SSSR count). The number of hydrogen-bond acceptors (Lipinski definition) is 4. The highest BCUT2D eigenvalue weighted by Crippen LogP contribution is 2.31. The zero-order valence-corrected chi connectivity index (χ0v) is 10.9. The molecule has 5 nitrogen and oxygen atoms in total. The molecule has 1 unspecified atom stereocenters. The van der Waals surface area contributed by atoms with Crippen LogP contribution in [0.15, 0.2) is 24.5 Å². The Hall–Kier alpha value is -1.59. The predicted molar refractivity (Wildman–Crippen MR) is 67.8 cm³/mol. The van der Waals surface area contributed by atoms with Gasteiger partial charge in [-0.2, -0.15) is 5.10 Å². The fourth-order valence-corrected chi connectivity index (χ4v) is 1.94. The number of aliphatic hydroxyl groups excluding tert-OH is 1. The van der Waals surface area contributed by atoms with Gasteiger partial charge in [0.25, 0.3) is 0 Å². The van der Waals surface area contributed by atoms with Crippen molar-refractivity contribution in [2.45, 2.75) is 19.6 Å². The average Bonchev–Trinajstić information content (AvgIpc) is 2.86. The van der Waals surface area contributed by atoms with E-state index in [9.17, 15) is 5.11 Å². The Morgan fingerprint density at radius 3 is 2.94 bits per heavy atom. The number of aliphatic hydroxyl groups is 1. The Morgan fingerprint density at radius 2 is 2.28 bits per heavy atom. The second-order valence-corrected chi connectivity index (χ2v) is 4.16. The van der Waals surface area contributed by atoms with Gasteiger partial charge in [0.1, 0.15) is 18.2 Å². The number of ether oxygens (including phenoxy) is 1. The summed E-state index contributed by atoms with van der Waals surface area (Å²) in [6.07, 6.45) is 0.532. The van der Waals surface area contributed by atoms with Crippen LogP contribution in [0.1, 0.15) is 24.4 Å². The van der Waals surface area contributed by atoms with E-state index >= 15 is 0 Å². The lowest BCUT2D eigenvalue weighted by atomic mass is 10.1. The van der Waals surface area contributed by atoms with E-state index in [-0.39, 0.29) is 0 Å². The largest absolute Gasteiger partial charge is 0.496 e. The summed E-state index contributed by atoms with van der Waals surface area (Å²) in [5.41, 5.74) is 0.615. The molecular weight excluding hydrogens is 254 g/mol. The maximum atomic E-state index is 10.3. The molecule has 0 aliphatic carbocycles. The van der Waals surface area contributed by atoms with Crippen molar-refractivity contribution in [2.75, 3.05) is 7.11 Å². The van der Waals surface area contributed by atoms with Crippen molar-refractivity contribution in [2.24, 2.45) is 0 Å². The molecule has 1 heterocycles. The minimum absolute atomic E-state index is 0.484. The number of halogens is 1. The number of aryl methyl sites for hydroxylation is 1. The van der Waals surface area contributed by atoms with Gasteiger partial charge < -0.3 is 9.84 Å². The van der Waals surface area contributed by atoms with Crippen LogP contribution in [-0.4, -0.2) is 27.0 Å². The molecule has 0 saturated heterocycles. The lowest BCUT2D eigenvalue weighted by Gasteiger charge is -2.15. The summed E-state index contributed by atoms with van der Waals surface area (Å²) in [4.78, 5) is 4.07. The molecule has 1 atom stereocenters. The molecule has 0 aliphatic rings. The third-order valence-corrected chi connectivity index (χ3v) is 2.91. The van der Waals surface area contributed by atoms with Crippen molar-refractivity contribution in [1.29, 1.82) is 0 Å². The van der Waals surface area contributed by atoms with Gasteiger partial charge in [-0.15, -0.1) is 0 Å². The van der Waals surface area contributed by atoms with Gasteiger partial charge in [-0.25, -0.2) is 9.67 Å². The van der Waals surface area contributed by atoms with Crippen molar-refractivity contribution < 1.29 is 9.84 Å². The molecule has 18 heavy (non-hydrogen) atoms. The fraction of sp³-hybridized carbons (Fsp3) is 0.333. The topological polar surface area (TPSA) is 60.2 Å². The second kappa shape index (κ2) is 5.37. The van der Waals surface area contributed by atoms with Crippen LogP contribution < -0.4 is 4.74 Å². The molecule has 0 bridgehead atoms. The number of aromatic nitrogens is 3. The Bertz CT molecular complexity index is 542. The number of nitrogens with zero attached hydrogens (tertiary/aromatic N) is 3. The molecule has 0 fully saturated rings. The Kier molecular flexibility index (Phi) is 3.84. The van der Waals surface area contributed by atoms with E-state index in [1.165, 1.54) is 13.4 Å². The molecule has 0 aliphatic heterocycles. The third kappa shape index (κ3) is 2.32. The molecular formula is C12H14ClN3O2. The number of hydrogen-bond donors (Lipinski definition) is 1. The van der Waals surface area contributed by atoms with Crippen molar-refractivity contribution in [1.82, 2.24) is 14.8 Å². The van der Waals surface area contributed by atoms with E-state index in [4.69, 9.17) is 16.3 Å². The normalized spacial score (nSPS) is 12.4. The van der Waals surface area contributed by atoms with Crippen LogP contribution >= 0.6 is 11.6 Å². The first-order valence-electron chi connectivity index (χ1n) is 5.56. The molecule has 1 aromatic carbocycles. The maximum Gasteiger partial charge on any atom is 0.160 e. The number of benzene rings is 1. The van der Waals surface area contributed by atoms with Gasteiger partial charge in [0.15, 0.2) is 5.82 Å². The van der Waals surface area contributed by atoms with Crippen LogP contribution in [0, 0.1) is 0 Å². The standard InChI is InChI=1S/C12H14ClN3O2/c1-3-16-12(14-7-15-16)11(17)9-5-4-8(13)6-10(9)18-2/h4-7,11,17H,3H2,1-2H3. The van der Waals surface area contributed by atoms with E-state index in [0.29, 0.717) is 28.7 Å². The van der Waals surface area contributed by atoms with Gasteiger partial charge in [-0.1, -0.05) is 17.7 Å². The summed E-state index contributed by atoms with van der Waals surface area (Å²) in [6, 6.07) is 5.09. The first-order chi connectivity index (χ1) is 8.67. The quantitative estimate of drug-likeness (QED) is 0.921. The van der Waals surface area contributed by atoms with E-state index in [1.807, 2.05) is 6.92 Å². The molecule has 0 spiro atoms. The van der Waals surface area contributed by atoms with Crippen LogP contribution in [0.3, 0.4) is 0 Å². The van der Waals surface area contributed by atoms with Crippen molar-refractivity contribution in [3.8, 4) is 5.75 Å². The van der Waals surface area contributed by atoms with Crippen molar-refractivity contribution in [3.05, 3.63) is 40.9 Å². The predicted octanol–water partition coefficient (Wildman–Crippen LogP) is 2.04. The monoisotopic (exact) mass is 267 g/mol. The van der Waals surface area contributed by atoms with E-state index < -0.39 is 6.10 Å². The number of rotatable bonds is 4. The van der Waals surface area contributed by atoms with Crippen LogP contribution in [0.2, 0.25) is 5.02 Å². The highest BCUT2D eigenvalue weighted by Gasteiger charge is 2.20. The van der Waals surface area contributed by atoms with Gasteiger partial charge in [-0.05, 0) is 19.1 Å².